The molecule has 1 fully saturated rings. The molecule has 0 bridgehead atoms. The van der Waals surface area contributed by atoms with Crippen molar-refractivity contribution in [3.63, 3.8) is 0 Å². The highest BCUT2D eigenvalue weighted by molar-refractivity contribution is 9.10. The van der Waals surface area contributed by atoms with Crippen LogP contribution < -0.4 is 5.32 Å². The van der Waals surface area contributed by atoms with Crippen molar-refractivity contribution in [1.29, 1.82) is 0 Å². The number of aromatic nitrogens is 1. The Morgan fingerprint density at radius 2 is 2.11 bits per heavy atom. The lowest BCUT2D eigenvalue weighted by Gasteiger charge is -2.33. The zero-order valence-electron chi connectivity index (χ0n) is 9.53. The fraction of sp³-hybridized carbons (Fsp3) is 0.455. The highest BCUT2D eigenvalue weighted by Crippen LogP contribution is 2.22. The van der Waals surface area contributed by atoms with Gasteiger partial charge in [-0.05, 0) is 22.0 Å². The average Bonchev–Trinajstić information content (AvgIpc) is 2.77. The summed E-state index contributed by atoms with van der Waals surface area (Å²) in [5, 5.41) is 11.9. The van der Waals surface area contributed by atoms with Gasteiger partial charge in [-0.1, -0.05) is 0 Å². The Balaban J connectivity index is 2.14. The highest BCUT2D eigenvalue weighted by atomic mass is 79.9. The van der Waals surface area contributed by atoms with Crippen LogP contribution in [0.4, 0.5) is 0 Å². The van der Waals surface area contributed by atoms with E-state index in [-0.39, 0.29) is 12.8 Å². The maximum atomic E-state index is 12.0. The van der Waals surface area contributed by atoms with Crippen molar-refractivity contribution in [2.24, 2.45) is 0 Å². The van der Waals surface area contributed by atoms with E-state index in [4.69, 9.17) is 4.74 Å². The van der Waals surface area contributed by atoms with Crippen molar-refractivity contribution in [2.75, 3.05) is 13.2 Å². The topological polar surface area (TPSA) is 91.4 Å². The molecule has 0 atom stereocenters. The van der Waals surface area contributed by atoms with Gasteiger partial charge in [-0.2, -0.15) is 0 Å². The fourth-order valence-corrected chi connectivity index (χ4v) is 2.24. The molecule has 0 aromatic carbocycles. The van der Waals surface area contributed by atoms with Crippen LogP contribution >= 0.6 is 15.9 Å². The predicted octanol–water partition coefficient (Wildman–Crippen LogP) is 1.14. The predicted molar refractivity (Wildman–Crippen MR) is 66.4 cm³/mol. The van der Waals surface area contributed by atoms with Gasteiger partial charge in [0.1, 0.15) is 11.2 Å². The van der Waals surface area contributed by atoms with E-state index in [1.807, 2.05) is 0 Å². The Labute approximate surface area is 112 Å². The average molecular weight is 317 g/mol. The van der Waals surface area contributed by atoms with Crippen LogP contribution in [0.15, 0.2) is 16.7 Å². The second-order valence-electron chi connectivity index (χ2n) is 4.19. The molecule has 1 aromatic heterocycles. The van der Waals surface area contributed by atoms with Gasteiger partial charge in [0.2, 0.25) is 0 Å². The minimum absolute atomic E-state index is 0.274. The lowest BCUT2D eigenvalue weighted by atomic mass is 9.90. The summed E-state index contributed by atoms with van der Waals surface area (Å²) in [6, 6.07) is 1.60. The molecule has 0 radical (unpaired) electrons. The summed E-state index contributed by atoms with van der Waals surface area (Å²) in [5.41, 5.74) is -0.901. The SMILES string of the molecule is O=C(NC1(C(=O)O)CCOCC1)c1cc(Br)c[nH]1. The molecule has 18 heavy (non-hydrogen) atoms. The number of hydrogen-bond donors (Lipinski definition) is 3. The Morgan fingerprint density at radius 3 is 2.61 bits per heavy atom. The molecule has 0 saturated carbocycles. The van der Waals surface area contributed by atoms with Gasteiger partial charge in [-0.25, -0.2) is 4.79 Å². The number of nitrogens with one attached hydrogen (secondary N) is 2. The second kappa shape index (κ2) is 5.11. The minimum atomic E-state index is -1.23. The molecule has 7 heteroatoms. The van der Waals surface area contributed by atoms with Crippen molar-refractivity contribution in [2.45, 2.75) is 18.4 Å². The van der Waals surface area contributed by atoms with Crippen LogP contribution in [0, 0.1) is 0 Å². The first kappa shape index (κ1) is 13.1. The van der Waals surface area contributed by atoms with Crippen LogP contribution in [0.5, 0.6) is 0 Å². The minimum Gasteiger partial charge on any atom is -0.480 e. The zero-order valence-corrected chi connectivity index (χ0v) is 11.1. The van der Waals surface area contributed by atoms with Crippen LogP contribution in [-0.2, 0) is 9.53 Å². The van der Waals surface area contributed by atoms with Crippen LogP contribution in [0.3, 0.4) is 0 Å². The van der Waals surface area contributed by atoms with Crippen LogP contribution in [-0.4, -0.2) is 40.7 Å². The van der Waals surface area contributed by atoms with E-state index >= 15 is 0 Å². The Kier molecular flexibility index (Phi) is 3.72. The molecule has 98 valence electrons. The number of ether oxygens (including phenoxy) is 1. The molecule has 1 aromatic rings. The van der Waals surface area contributed by atoms with Gasteiger partial charge in [0.15, 0.2) is 0 Å². The molecule has 1 amide bonds. The first-order valence-electron chi connectivity index (χ1n) is 5.51. The number of H-pyrrole nitrogens is 1. The van der Waals surface area contributed by atoms with E-state index < -0.39 is 17.4 Å². The molecule has 0 unspecified atom stereocenters. The van der Waals surface area contributed by atoms with Gasteiger partial charge in [-0.15, -0.1) is 0 Å². The van der Waals surface area contributed by atoms with Gasteiger partial charge in [-0.3, -0.25) is 4.79 Å². The molecule has 2 heterocycles. The molecular weight excluding hydrogens is 304 g/mol. The largest absolute Gasteiger partial charge is 0.480 e. The third-order valence-electron chi connectivity index (χ3n) is 3.00. The number of amides is 1. The molecule has 1 saturated heterocycles. The summed E-state index contributed by atoms with van der Waals surface area (Å²) >= 11 is 3.22. The monoisotopic (exact) mass is 316 g/mol. The van der Waals surface area contributed by atoms with Crippen molar-refractivity contribution >= 4 is 27.8 Å². The molecule has 0 aliphatic carbocycles. The van der Waals surface area contributed by atoms with E-state index in [1.165, 1.54) is 0 Å². The van der Waals surface area contributed by atoms with E-state index in [9.17, 15) is 14.7 Å². The van der Waals surface area contributed by atoms with Crippen LogP contribution in [0.1, 0.15) is 23.3 Å². The van der Waals surface area contributed by atoms with E-state index in [2.05, 4.69) is 26.2 Å². The number of carbonyl (C=O) groups is 2. The van der Waals surface area contributed by atoms with Crippen molar-refractivity contribution < 1.29 is 19.4 Å². The number of halogens is 1. The van der Waals surface area contributed by atoms with Crippen molar-refractivity contribution in [3.05, 3.63) is 22.4 Å². The number of carboxylic acid groups (broad SMARTS) is 1. The third kappa shape index (κ3) is 2.56. The number of rotatable bonds is 3. The highest BCUT2D eigenvalue weighted by Gasteiger charge is 2.41. The van der Waals surface area contributed by atoms with Crippen LogP contribution in [0.25, 0.3) is 0 Å². The molecule has 2 rings (SSSR count). The first-order valence-corrected chi connectivity index (χ1v) is 6.30. The van der Waals surface area contributed by atoms with Gasteiger partial charge in [0, 0.05) is 36.7 Å². The van der Waals surface area contributed by atoms with E-state index in [0.717, 1.165) is 4.47 Å². The van der Waals surface area contributed by atoms with E-state index in [0.29, 0.717) is 18.9 Å². The normalized spacial score (nSPS) is 18.3. The summed E-state index contributed by atoms with van der Waals surface area (Å²) < 4.78 is 5.88. The lowest BCUT2D eigenvalue weighted by molar-refractivity contribution is -0.148. The van der Waals surface area contributed by atoms with Crippen LogP contribution in [0.2, 0.25) is 0 Å². The maximum absolute atomic E-state index is 12.0. The Bertz CT molecular complexity index is 465. The second-order valence-corrected chi connectivity index (χ2v) is 5.10. The fourth-order valence-electron chi connectivity index (χ4n) is 1.90. The van der Waals surface area contributed by atoms with Crippen molar-refractivity contribution in [1.82, 2.24) is 10.3 Å². The lowest BCUT2D eigenvalue weighted by Crippen LogP contribution is -2.57. The van der Waals surface area contributed by atoms with Gasteiger partial charge in [0.25, 0.3) is 5.91 Å². The Morgan fingerprint density at radius 1 is 1.44 bits per heavy atom. The summed E-state index contributed by atoms with van der Waals surface area (Å²) in [6.07, 6.45) is 2.16. The zero-order chi connectivity index (χ0) is 13.2. The molecule has 6 nitrogen and oxygen atoms in total. The number of aromatic amines is 1. The van der Waals surface area contributed by atoms with Gasteiger partial charge >= 0.3 is 5.97 Å². The van der Waals surface area contributed by atoms with Gasteiger partial charge < -0.3 is 20.1 Å². The quantitative estimate of drug-likeness (QED) is 0.780. The number of carboxylic acids is 1. The summed E-state index contributed by atoms with van der Waals surface area (Å²) in [5.74, 6) is -1.45. The molecule has 1 aliphatic rings. The Hall–Kier alpha value is -1.34. The smallest absolute Gasteiger partial charge is 0.329 e. The summed E-state index contributed by atoms with van der Waals surface area (Å²) in [7, 11) is 0. The molecular formula is C11H13BrN2O4. The number of hydrogen-bond acceptors (Lipinski definition) is 3. The first-order chi connectivity index (χ1) is 8.53. The molecule has 1 aliphatic heterocycles. The molecule has 0 spiro atoms. The van der Waals surface area contributed by atoms with Crippen molar-refractivity contribution in [3.8, 4) is 0 Å². The standard InChI is InChI=1S/C11H13BrN2O4/c12-7-5-8(13-6-7)9(15)14-11(10(16)17)1-3-18-4-2-11/h5-6,13H,1-4H2,(H,14,15)(H,16,17). The third-order valence-corrected chi connectivity index (χ3v) is 3.46. The summed E-state index contributed by atoms with van der Waals surface area (Å²) in [4.78, 5) is 26.1. The summed E-state index contributed by atoms with van der Waals surface area (Å²) in [6.45, 7) is 0.669. The number of aliphatic carboxylic acids is 1. The molecule has 3 N–H and O–H groups in total. The van der Waals surface area contributed by atoms with E-state index in [1.54, 1.807) is 12.3 Å². The maximum Gasteiger partial charge on any atom is 0.329 e. The van der Waals surface area contributed by atoms with Gasteiger partial charge in [0.05, 0.1) is 0 Å². The number of carbonyl (C=O) groups excluding carboxylic acids is 1.